The fraction of sp³-hybridized carbons (Fsp3) is 0.280. The molecule has 1 radical (unpaired) electrons. The second kappa shape index (κ2) is 9.55. The van der Waals surface area contributed by atoms with Gasteiger partial charge in [-0.2, -0.15) is 0 Å². The summed E-state index contributed by atoms with van der Waals surface area (Å²) in [5, 5.41) is 0. The molecule has 30 heavy (non-hydrogen) atoms. The van der Waals surface area contributed by atoms with Crippen LogP contribution in [0.3, 0.4) is 0 Å². The Hall–Kier alpha value is -3.18. The zero-order chi connectivity index (χ0) is 20.8. The number of rotatable bonds is 7. The predicted molar refractivity (Wildman–Crippen MR) is 119 cm³/mol. The Morgan fingerprint density at radius 1 is 1.03 bits per heavy atom. The summed E-state index contributed by atoms with van der Waals surface area (Å²) in [6.07, 6.45) is 5.29. The molecule has 2 heterocycles. The lowest BCUT2D eigenvalue weighted by Crippen LogP contribution is -2.60. The van der Waals surface area contributed by atoms with E-state index in [1.807, 2.05) is 18.2 Å². The maximum Gasteiger partial charge on any atom is 0.241 e. The second-order valence-corrected chi connectivity index (χ2v) is 7.75. The van der Waals surface area contributed by atoms with Crippen LogP contribution in [-0.4, -0.2) is 34.4 Å². The van der Waals surface area contributed by atoms with E-state index >= 15 is 0 Å². The number of carbonyl (C=O) groups excluding carboxylic acids is 1. The van der Waals surface area contributed by atoms with Gasteiger partial charge < -0.3 is 10.6 Å². The Bertz CT molecular complexity index is 892. The van der Waals surface area contributed by atoms with Gasteiger partial charge in [0, 0.05) is 49.8 Å². The quantitative estimate of drug-likeness (QED) is 0.661. The minimum atomic E-state index is -0.412. The van der Waals surface area contributed by atoms with Crippen LogP contribution in [0.25, 0.3) is 0 Å². The van der Waals surface area contributed by atoms with Crippen molar-refractivity contribution < 1.29 is 4.79 Å². The highest BCUT2D eigenvalue weighted by Crippen LogP contribution is 2.29. The van der Waals surface area contributed by atoms with Gasteiger partial charge in [-0.3, -0.25) is 14.7 Å². The van der Waals surface area contributed by atoms with Gasteiger partial charge in [0.15, 0.2) is 0 Å². The lowest BCUT2D eigenvalue weighted by Gasteiger charge is -2.45. The summed E-state index contributed by atoms with van der Waals surface area (Å²) in [5.74, 6) is -0.295. The monoisotopic (exact) mass is 399 g/mol. The van der Waals surface area contributed by atoms with E-state index in [1.165, 1.54) is 11.1 Å². The van der Waals surface area contributed by atoms with E-state index in [0.29, 0.717) is 0 Å². The zero-order valence-corrected chi connectivity index (χ0v) is 17.0. The summed E-state index contributed by atoms with van der Waals surface area (Å²) >= 11 is 0. The van der Waals surface area contributed by atoms with Crippen LogP contribution in [0, 0.1) is 6.07 Å². The molecule has 0 aliphatic carbocycles. The number of hydrogen-bond acceptors (Lipinski definition) is 4. The third-order valence-corrected chi connectivity index (χ3v) is 5.73. The van der Waals surface area contributed by atoms with Gasteiger partial charge in [-0.15, -0.1) is 0 Å². The van der Waals surface area contributed by atoms with Crippen molar-refractivity contribution in [3.05, 3.63) is 96.3 Å². The first-order chi connectivity index (χ1) is 14.7. The van der Waals surface area contributed by atoms with Crippen molar-refractivity contribution in [2.45, 2.75) is 38.0 Å². The number of benzene rings is 2. The van der Waals surface area contributed by atoms with E-state index in [0.717, 1.165) is 38.2 Å². The van der Waals surface area contributed by atoms with E-state index in [4.69, 9.17) is 5.73 Å². The van der Waals surface area contributed by atoms with E-state index < -0.39 is 6.04 Å². The van der Waals surface area contributed by atoms with Crippen LogP contribution < -0.4 is 10.6 Å². The van der Waals surface area contributed by atoms with Gasteiger partial charge in [-0.1, -0.05) is 60.7 Å². The number of primary amides is 1. The second-order valence-electron chi connectivity index (χ2n) is 7.75. The average molecular weight is 400 g/mol. The average Bonchev–Trinajstić information content (AvgIpc) is 2.80. The van der Waals surface area contributed by atoms with Crippen molar-refractivity contribution in [1.82, 2.24) is 9.88 Å². The molecule has 3 aromatic rings. The summed E-state index contributed by atoms with van der Waals surface area (Å²) < 4.78 is 0. The van der Waals surface area contributed by atoms with E-state index in [-0.39, 0.29) is 11.9 Å². The Kier molecular flexibility index (Phi) is 6.40. The maximum absolute atomic E-state index is 12.7. The van der Waals surface area contributed by atoms with Crippen molar-refractivity contribution in [2.24, 2.45) is 5.73 Å². The number of pyridine rings is 1. The molecule has 1 aliphatic heterocycles. The minimum Gasteiger partial charge on any atom is -0.368 e. The van der Waals surface area contributed by atoms with Gasteiger partial charge in [0.1, 0.15) is 6.04 Å². The summed E-state index contributed by atoms with van der Waals surface area (Å²) in [4.78, 5) is 21.2. The van der Waals surface area contributed by atoms with Crippen LogP contribution in [0.15, 0.2) is 79.1 Å². The number of piperidine rings is 1. The summed E-state index contributed by atoms with van der Waals surface area (Å²) in [7, 11) is 0. The highest BCUT2D eigenvalue weighted by Gasteiger charge is 2.39. The topological polar surface area (TPSA) is 62.5 Å². The molecule has 0 saturated carbocycles. The molecule has 1 aromatic heterocycles. The number of hydrogen-bond donors (Lipinski definition) is 1. The third kappa shape index (κ3) is 4.69. The lowest BCUT2D eigenvalue weighted by atomic mass is 9.92. The standard InChI is InChI=1S/C25H27N4O/c26-25(30)24-23(12-7-17-29(24)22-13-15-27-16-14-22)28(18-20-8-3-1-4-9-20)19-21-10-5-2-6-11-21/h1-6,8-11,13,15-16,23-24H,7,12,17-19H2,(H2,26,30). The Morgan fingerprint density at radius 3 is 2.20 bits per heavy atom. The number of aromatic nitrogens is 1. The predicted octanol–water partition coefficient (Wildman–Crippen LogP) is 3.41. The van der Waals surface area contributed by atoms with Crippen LogP contribution in [0.1, 0.15) is 24.0 Å². The molecular formula is C25H27N4O. The Morgan fingerprint density at radius 2 is 1.67 bits per heavy atom. The number of carbonyl (C=O) groups is 1. The fourth-order valence-electron chi connectivity index (χ4n) is 4.38. The molecule has 2 N–H and O–H groups in total. The molecule has 0 spiro atoms. The third-order valence-electron chi connectivity index (χ3n) is 5.73. The van der Waals surface area contributed by atoms with Crippen molar-refractivity contribution in [3.8, 4) is 0 Å². The van der Waals surface area contributed by atoms with Gasteiger partial charge in [0.2, 0.25) is 5.91 Å². The fourth-order valence-corrected chi connectivity index (χ4v) is 4.38. The molecule has 5 nitrogen and oxygen atoms in total. The molecule has 1 aliphatic rings. The van der Waals surface area contributed by atoms with Crippen molar-refractivity contribution in [1.29, 1.82) is 0 Å². The maximum atomic E-state index is 12.7. The first kappa shape index (κ1) is 20.1. The molecule has 5 heteroatoms. The summed E-state index contributed by atoms with van der Waals surface area (Å²) in [6, 6.07) is 25.5. The van der Waals surface area contributed by atoms with Gasteiger partial charge >= 0.3 is 0 Å². The number of nitrogens with two attached hydrogens (primary N) is 1. The minimum absolute atomic E-state index is 0.0122. The van der Waals surface area contributed by atoms with Crippen LogP contribution in [0.2, 0.25) is 0 Å². The summed E-state index contributed by atoms with van der Waals surface area (Å²) in [5.41, 5.74) is 9.30. The number of amides is 1. The normalized spacial score (nSPS) is 19.0. The molecule has 1 saturated heterocycles. The molecule has 2 aromatic carbocycles. The molecular weight excluding hydrogens is 372 g/mol. The smallest absolute Gasteiger partial charge is 0.241 e. The van der Waals surface area contributed by atoms with Crippen LogP contribution in [0.4, 0.5) is 5.69 Å². The molecule has 0 bridgehead atoms. The van der Waals surface area contributed by atoms with Crippen LogP contribution in [-0.2, 0) is 17.9 Å². The molecule has 2 unspecified atom stereocenters. The first-order valence-corrected chi connectivity index (χ1v) is 10.4. The van der Waals surface area contributed by atoms with Gasteiger partial charge in [-0.05, 0) is 30.0 Å². The molecule has 1 amide bonds. The molecule has 4 rings (SSSR count). The molecule has 1 fully saturated rings. The van der Waals surface area contributed by atoms with E-state index in [1.54, 1.807) is 12.4 Å². The lowest BCUT2D eigenvalue weighted by molar-refractivity contribution is -0.121. The van der Waals surface area contributed by atoms with Gasteiger partial charge in [0.05, 0.1) is 0 Å². The Labute approximate surface area is 178 Å². The number of anilines is 1. The summed E-state index contributed by atoms with van der Waals surface area (Å²) in [6.45, 7) is 2.31. The van der Waals surface area contributed by atoms with Crippen molar-refractivity contribution in [3.63, 3.8) is 0 Å². The van der Waals surface area contributed by atoms with Crippen molar-refractivity contribution >= 4 is 11.6 Å². The van der Waals surface area contributed by atoms with Crippen molar-refractivity contribution in [2.75, 3.05) is 11.4 Å². The largest absolute Gasteiger partial charge is 0.368 e. The van der Waals surface area contributed by atoms with E-state index in [2.05, 4.69) is 69.4 Å². The van der Waals surface area contributed by atoms with Gasteiger partial charge in [0.25, 0.3) is 0 Å². The number of nitrogens with zero attached hydrogens (tertiary/aromatic N) is 3. The van der Waals surface area contributed by atoms with Crippen LogP contribution in [0.5, 0.6) is 0 Å². The Balaban J connectivity index is 1.66. The van der Waals surface area contributed by atoms with Crippen LogP contribution >= 0.6 is 0 Å². The highest BCUT2D eigenvalue weighted by atomic mass is 16.1. The SMILES string of the molecule is NC(=O)C1C(N(Cc2ccccc2)Cc2ccccc2)CCCN1c1[c]cncc1. The first-order valence-electron chi connectivity index (χ1n) is 10.4. The zero-order valence-electron chi connectivity index (χ0n) is 17.0. The molecule has 153 valence electrons. The van der Waals surface area contributed by atoms with E-state index in [9.17, 15) is 4.79 Å². The highest BCUT2D eigenvalue weighted by molar-refractivity contribution is 5.84. The molecule has 2 atom stereocenters. The van der Waals surface area contributed by atoms with Gasteiger partial charge in [-0.25, -0.2) is 0 Å².